The first-order valence-corrected chi connectivity index (χ1v) is 6.45. The third kappa shape index (κ3) is 2.98. The second-order valence-corrected chi connectivity index (χ2v) is 5.06. The van der Waals surface area contributed by atoms with Crippen LogP contribution < -0.4 is 5.73 Å². The van der Waals surface area contributed by atoms with Crippen LogP contribution in [0.1, 0.15) is 16.8 Å². The minimum Gasteiger partial charge on any atom is -0.398 e. The highest BCUT2D eigenvalue weighted by Gasteiger charge is 2.24. The number of rotatable bonds is 1. The highest BCUT2D eigenvalue weighted by atomic mass is 35.5. The molecule has 102 valence electrons. The largest absolute Gasteiger partial charge is 0.398 e. The molecule has 1 heterocycles. The third-order valence-corrected chi connectivity index (χ3v) is 3.44. The summed E-state index contributed by atoms with van der Waals surface area (Å²) in [4.78, 5) is 27.3. The molecule has 6 heteroatoms. The van der Waals surface area contributed by atoms with Gasteiger partial charge in [-0.3, -0.25) is 9.59 Å². The topological polar surface area (TPSA) is 66.6 Å². The monoisotopic (exact) mass is 281 g/mol. The van der Waals surface area contributed by atoms with E-state index >= 15 is 0 Å². The molecule has 0 atom stereocenters. The Balaban J connectivity index is 2.21. The smallest absolute Gasteiger partial charge is 0.256 e. The van der Waals surface area contributed by atoms with Gasteiger partial charge in [0.15, 0.2) is 0 Å². The van der Waals surface area contributed by atoms with Gasteiger partial charge in [0.1, 0.15) is 6.54 Å². The van der Waals surface area contributed by atoms with Gasteiger partial charge in [0, 0.05) is 30.8 Å². The normalized spacial score (nSPS) is 16.4. The van der Waals surface area contributed by atoms with Crippen LogP contribution in [0.3, 0.4) is 0 Å². The van der Waals surface area contributed by atoms with E-state index in [1.54, 1.807) is 30.1 Å². The van der Waals surface area contributed by atoms with Crippen LogP contribution in [0.2, 0.25) is 5.02 Å². The molecule has 0 bridgehead atoms. The second-order valence-electron chi connectivity index (χ2n) is 4.63. The summed E-state index contributed by atoms with van der Waals surface area (Å²) >= 11 is 5.81. The van der Waals surface area contributed by atoms with E-state index in [1.165, 1.54) is 4.90 Å². The summed E-state index contributed by atoms with van der Waals surface area (Å²) < 4.78 is 0. The zero-order valence-corrected chi connectivity index (χ0v) is 11.5. The molecule has 19 heavy (non-hydrogen) atoms. The Labute approximate surface area is 116 Å². The van der Waals surface area contributed by atoms with Crippen molar-refractivity contribution in [3.05, 3.63) is 28.8 Å². The molecule has 0 spiro atoms. The Bertz CT molecular complexity index is 519. The number of nitrogens with two attached hydrogens (primary N) is 1. The number of carbonyl (C=O) groups excluding carboxylic acids is 2. The number of anilines is 1. The summed E-state index contributed by atoms with van der Waals surface area (Å²) in [6.07, 6.45) is 0.765. The number of benzene rings is 1. The van der Waals surface area contributed by atoms with Crippen molar-refractivity contribution in [2.45, 2.75) is 6.42 Å². The minimum atomic E-state index is -0.224. The molecule has 2 N–H and O–H groups in total. The molecule has 1 aromatic rings. The number of amides is 2. The SMILES string of the molecule is CN1CCCN(C(=O)c2ccc(Cl)cc2N)CC1=O. The predicted molar refractivity (Wildman–Crippen MR) is 74.0 cm³/mol. The highest BCUT2D eigenvalue weighted by Crippen LogP contribution is 2.20. The van der Waals surface area contributed by atoms with E-state index in [0.717, 1.165) is 6.42 Å². The first-order valence-electron chi connectivity index (χ1n) is 6.07. The maximum atomic E-state index is 12.4. The number of nitrogen functional groups attached to an aromatic ring is 1. The maximum absolute atomic E-state index is 12.4. The van der Waals surface area contributed by atoms with Crippen molar-refractivity contribution in [1.82, 2.24) is 9.80 Å². The molecule has 0 aliphatic carbocycles. The summed E-state index contributed by atoms with van der Waals surface area (Å²) in [6.45, 7) is 1.31. The van der Waals surface area contributed by atoms with E-state index in [-0.39, 0.29) is 18.4 Å². The zero-order valence-electron chi connectivity index (χ0n) is 10.7. The Hall–Kier alpha value is -1.75. The third-order valence-electron chi connectivity index (χ3n) is 3.20. The first kappa shape index (κ1) is 13.7. The van der Waals surface area contributed by atoms with Gasteiger partial charge in [0.25, 0.3) is 5.91 Å². The Kier molecular flexibility index (Phi) is 3.95. The zero-order chi connectivity index (χ0) is 14.0. The minimum absolute atomic E-state index is 0.0571. The Morgan fingerprint density at radius 1 is 1.37 bits per heavy atom. The summed E-state index contributed by atoms with van der Waals surface area (Å²) in [7, 11) is 1.74. The molecular weight excluding hydrogens is 266 g/mol. The molecule has 2 amide bonds. The molecule has 1 fully saturated rings. The molecular formula is C13H16ClN3O2. The van der Waals surface area contributed by atoms with E-state index in [0.29, 0.717) is 29.4 Å². The maximum Gasteiger partial charge on any atom is 0.256 e. The summed E-state index contributed by atoms with van der Waals surface area (Å²) in [6, 6.07) is 4.76. The average Bonchev–Trinajstić information content (AvgIpc) is 2.51. The van der Waals surface area contributed by atoms with Gasteiger partial charge in [-0.15, -0.1) is 0 Å². The van der Waals surface area contributed by atoms with Crippen molar-refractivity contribution in [2.24, 2.45) is 0 Å². The predicted octanol–water partition coefficient (Wildman–Crippen LogP) is 1.23. The van der Waals surface area contributed by atoms with Crippen LogP contribution in [0.5, 0.6) is 0 Å². The fourth-order valence-corrected chi connectivity index (χ4v) is 2.24. The van der Waals surface area contributed by atoms with Gasteiger partial charge in [-0.2, -0.15) is 0 Å². The van der Waals surface area contributed by atoms with Gasteiger partial charge in [-0.25, -0.2) is 0 Å². The van der Waals surface area contributed by atoms with Crippen molar-refractivity contribution >= 4 is 29.1 Å². The first-order chi connectivity index (χ1) is 8.99. The van der Waals surface area contributed by atoms with E-state index in [4.69, 9.17) is 17.3 Å². The molecule has 1 aliphatic heterocycles. The van der Waals surface area contributed by atoms with E-state index < -0.39 is 0 Å². The fraction of sp³-hybridized carbons (Fsp3) is 0.385. The number of hydrogen-bond acceptors (Lipinski definition) is 3. The number of likely N-dealkylation sites (N-methyl/N-ethyl adjacent to an activating group) is 1. The van der Waals surface area contributed by atoms with Crippen LogP contribution in [0.15, 0.2) is 18.2 Å². The summed E-state index contributed by atoms with van der Waals surface area (Å²) in [5.41, 5.74) is 6.53. The van der Waals surface area contributed by atoms with Crippen LogP contribution in [-0.4, -0.2) is 48.3 Å². The molecule has 1 saturated heterocycles. The molecule has 0 saturated carbocycles. The molecule has 0 radical (unpaired) electrons. The Morgan fingerprint density at radius 2 is 2.11 bits per heavy atom. The van der Waals surface area contributed by atoms with E-state index in [9.17, 15) is 9.59 Å². The lowest BCUT2D eigenvalue weighted by molar-refractivity contribution is -0.129. The van der Waals surface area contributed by atoms with Crippen LogP contribution in [0, 0.1) is 0 Å². The fourth-order valence-electron chi connectivity index (χ4n) is 2.06. The molecule has 1 aromatic carbocycles. The van der Waals surface area contributed by atoms with Crippen LogP contribution in [-0.2, 0) is 4.79 Å². The number of hydrogen-bond donors (Lipinski definition) is 1. The molecule has 0 unspecified atom stereocenters. The van der Waals surface area contributed by atoms with Crippen LogP contribution in [0.4, 0.5) is 5.69 Å². The number of nitrogens with zero attached hydrogens (tertiary/aromatic N) is 2. The Morgan fingerprint density at radius 3 is 2.79 bits per heavy atom. The van der Waals surface area contributed by atoms with Gasteiger partial charge in [-0.05, 0) is 24.6 Å². The van der Waals surface area contributed by atoms with E-state index in [1.807, 2.05) is 0 Å². The highest BCUT2D eigenvalue weighted by molar-refractivity contribution is 6.31. The lowest BCUT2D eigenvalue weighted by Crippen LogP contribution is -2.38. The van der Waals surface area contributed by atoms with Crippen molar-refractivity contribution in [3.8, 4) is 0 Å². The number of halogens is 1. The van der Waals surface area contributed by atoms with E-state index in [2.05, 4.69) is 0 Å². The molecule has 0 aromatic heterocycles. The average molecular weight is 282 g/mol. The van der Waals surface area contributed by atoms with Crippen molar-refractivity contribution in [1.29, 1.82) is 0 Å². The van der Waals surface area contributed by atoms with Crippen LogP contribution >= 0.6 is 11.6 Å². The summed E-state index contributed by atoms with van der Waals surface area (Å²) in [5, 5.41) is 0.487. The quantitative estimate of drug-likeness (QED) is 0.787. The standard InChI is InChI=1S/C13H16ClN3O2/c1-16-5-2-6-17(8-12(16)18)13(19)10-4-3-9(14)7-11(10)15/h3-4,7H,2,5-6,8,15H2,1H3. The van der Waals surface area contributed by atoms with Gasteiger partial charge in [0.05, 0.1) is 5.56 Å². The molecule has 5 nitrogen and oxygen atoms in total. The van der Waals surface area contributed by atoms with Gasteiger partial charge in [0.2, 0.25) is 5.91 Å². The van der Waals surface area contributed by atoms with Crippen LogP contribution in [0.25, 0.3) is 0 Å². The number of carbonyl (C=O) groups is 2. The lowest BCUT2D eigenvalue weighted by Gasteiger charge is -2.20. The van der Waals surface area contributed by atoms with Gasteiger partial charge >= 0.3 is 0 Å². The van der Waals surface area contributed by atoms with Crippen molar-refractivity contribution in [3.63, 3.8) is 0 Å². The van der Waals surface area contributed by atoms with Crippen molar-refractivity contribution < 1.29 is 9.59 Å². The second kappa shape index (κ2) is 5.48. The van der Waals surface area contributed by atoms with Gasteiger partial charge < -0.3 is 15.5 Å². The molecule has 2 rings (SSSR count). The summed E-state index contributed by atoms with van der Waals surface area (Å²) in [5.74, 6) is -0.281. The molecule has 1 aliphatic rings. The lowest BCUT2D eigenvalue weighted by atomic mass is 10.1. The van der Waals surface area contributed by atoms with Gasteiger partial charge in [-0.1, -0.05) is 11.6 Å². The van der Waals surface area contributed by atoms with Crippen molar-refractivity contribution in [2.75, 3.05) is 32.4 Å².